The number of aryl methyl sites for hydroxylation is 1. The van der Waals surface area contributed by atoms with Gasteiger partial charge in [0.25, 0.3) is 11.6 Å². The average molecular weight is 503 g/mol. The highest BCUT2D eigenvalue weighted by atomic mass is 16.6. The second-order valence-electron chi connectivity index (χ2n) is 12.3. The van der Waals surface area contributed by atoms with Crippen molar-refractivity contribution in [3.8, 4) is 0 Å². The number of nitro benzene ring substituents is 1. The largest absolute Gasteiger partial charge is 0.376 e. The van der Waals surface area contributed by atoms with Gasteiger partial charge >= 0.3 is 0 Å². The summed E-state index contributed by atoms with van der Waals surface area (Å²) in [5, 5.41) is 15.6. The minimum absolute atomic E-state index is 0.0683. The van der Waals surface area contributed by atoms with Crippen molar-refractivity contribution >= 4 is 23.0 Å². The standard InChI is InChI=1S/C30H38N4O3/c1-20-4-3-5-25(12-20)29(35)33-10-8-32(9-11-33)26-6-7-28(34(36)37)27(16-26)31-21(2)30-17-22-13-23(18-30)15-24(14-22)19-30/h3-7,12,16,21-24,31H,8-11,13-15,17-19H2,1-2H3/t21-,22?,23?,24?,30?/m1/s1. The van der Waals surface area contributed by atoms with Crippen LogP contribution in [0.15, 0.2) is 42.5 Å². The van der Waals surface area contributed by atoms with Gasteiger partial charge in [0, 0.05) is 49.5 Å². The highest BCUT2D eigenvalue weighted by Crippen LogP contribution is 2.61. The van der Waals surface area contributed by atoms with Crippen LogP contribution in [0.25, 0.3) is 0 Å². The van der Waals surface area contributed by atoms with Crippen LogP contribution in [-0.4, -0.2) is 48.0 Å². The number of nitro groups is 1. The van der Waals surface area contributed by atoms with E-state index < -0.39 is 0 Å². The van der Waals surface area contributed by atoms with Gasteiger partial charge in [0.15, 0.2) is 0 Å². The molecule has 2 aromatic carbocycles. The van der Waals surface area contributed by atoms with Crippen LogP contribution < -0.4 is 10.2 Å². The monoisotopic (exact) mass is 502 g/mol. The van der Waals surface area contributed by atoms with Crippen LogP contribution in [0.4, 0.5) is 17.1 Å². The number of amides is 1. The predicted molar refractivity (Wildman–Crippen MR) is 146 cm³/mol. The van der Waals surface area contributed by atoms with Crippen LogP contribution in [0, 0.1) is 40.2 Å². The number of carbonyl (C=O) groups excluding carboxylic acids is 1. The van der Waals surface area contributed by atoms with E-state index in [-0.39, 0.29) is 28.0 Å². The summed E-state index contributed by atoms with van der Waals surface area (Å²) in [6, 6.07) is 13.4. The van der Waals surface area contributed by atoms with Gasteiger partial charge in [-0.2, -0.15) is 0 Å². The fourth-order valence-electron chi connectivity index (χ4n) is 8.22. The molecule has 7 heteroatoms. The summed E-state index contributed by atoms with van der Waals surface area (Å²) in [7, 11) is 0. The summed E-state index contributed by atoms with van der Waals surface area (Å²) in [6.07, 6.45) is 7.95. The van der Waals surface area contributed by atoms with Gasteiger partial charge in [-0.3, -0.25) is 14.9 Å². The number of rotatable bonds is 6. The Hall–Kier alpha value is -3.09. The molecule has 4 aliphatic carbocycles. The summed E-state index contributed by atoms with van der Waals surface area (Å²) < 4.78 is 0. The first kappa shape index (κ1) is 24.3. The number of hydrogen-bond acceptors (Lipinski definition) is 5. The summed E-state index contributed by atoms with van der Waals surface area (Å²) in [5.41, 5.74) is 3.83. The van der Waals surface area contributed by atoms with Gasteiger partial charge in [-0.05, 0) is 99.8 Å². The Bertz CT molecular complexity index is 1170. The Morgan fingerprint density at radius 3 is 2.24 bits per heavy atom. The van der Waals surface area contributed by atoms with Crippen LogP contribution in [0.3, 0.4) is 0 Å². The molecule has 7 rings (SSSR count). The second-order valence-corrected chi connectivity index (χ2v) is 12.3. The first-order valence-corrected chi connectivity index (χ1v) is 14.0. The number of piperazine rings is 1. The van der Waals surface area contributed by atoms with E-state index in [1.807, 2.05) is 48.2 Å². The van der Waals surface area contributed by atoms with Gasteiger partial charge in [-0.15, -0.1) is 0 Å². The Morgan fingerprint density at radius 2 is 1.65 bits per heavy atom. The summed E-state index contributed by atoms with van der Waals surface area (Å²) in [4.78, 5) is 28.8. The Balaban J connectivity index is 1.17. The van der Waals surface area contributed by atoms with Crippen molar-refractivity contribution in [3.05, 3.63) is 63.7 Å². The molecule has 1 amide bonds. The fourth-order valence-corrected chi connectivity index (χ4v) is 8.22. The number of benzene rings is 2. The normalized spacial score (nSPS) is 29.3. The Kier molecular flexibility index (Phi) is 6.12. The summed E-state index contributed by atoms with van der Waals surface area (Å²) in [5.74, 6) is 2.60. The molecule has 0 spiro atoms. The Morgan fingerprint density at radius 1 is 1.00 bits per heavy atom. The van der Waals surface area contributed by atoms with E-state index in [0.717, 1.165) is 34.6 Å². The lowest BCUT2D eigenvalue weighted by molar-refractivity contribution is -0.384. The minimum atomic E-state index is -0.267. The molecule has 5 fully saturated rings. The van der Waals surface area contributed by atoms with Crippen LogP contribution >= 0.6 is 0 Å². The van der Waals surface area contributed by atoms with Gasteiger partial charge in [0.05, 0.1) is 4.92 Å². The van der Waals surface area contributed by atoms with E-state index in [4.69, 9.17) is 0 Å². The quantitative estimate of drug-likeness (QED) is 0.394. The van der Waals surface area contributed by atoms with Crippen molar-refractivity contribution in [1.82, 2.24) is 4.90 Å². The molecule has 1 N–H and O–H groups in total. The van der Waals surface area contributed by atoms with Crippen molar-refractivity contribution < 1.29 is 9.72 Å². The SMILES string of the molecule is Cc1cccc(C(=O)N2CCN(c3ccc([N+](=O)[O-])c(N[C@H](C)C45CC6CC(CC(C6)C4)C5)c3)CC2)c1. The maximum atomic E-state index is 13.0. The van der Waals surface area contributed by atoms with Crippen LogP contribution in [0.5, 0.6) is 0 Å². The zero-order valence-electron chi connectivity index (χ0n) is 22.0. The van der Waals surface area contributed by atoms with Crippen molar-refractivity contribution in [1.29, 1.82) is 0 Å². The molecule has 1 atom stereocenters. The molecule has 7 nitrogen and oxygen atoms in total. The topological polar surface area (TPSA) is 78.7 Å². The first-order valence-electron chi connectivity index (χ1n) is 14.0. The highest BCUT2D eigenvalue weighted by molar-refractivity contribution is 5.94. The van der Waals surface area contributed by atoms with E-state index in [0.29, 0.717) is 31.9 Å². The lowest BCUT2D eigenvalue weighted by atomic mass is 9.48. The van der Waals surface area contributed by atoms with Crippen LogP contribution in [0.2, 0.25) is 0 Å². The summed E-state index contributed by atoms with van der Waals surface area (Å²) >= 11 is 0. The number of carbonyl (C=O) groups is 1. The zero-order valence-corrected chi connectivity index (χ0v) is 22.0. The lowest BCUT2D eigenvalue weighted by Crippen LogP contribution is -2.53. The van der Waals surface area contributed by atoms with E-state index in [2.05, 4.69) is 17.1 Å². The first-order chi connectivity index (χ1) is 17.8. The second kappa shape index (κ2) is 9.34. The predicted octanol–water partition coefficient (Wildman–Crippen LogP) is 5.88. The van der Waals surface area contributed by atoms with Crippen LogP contribution in [-0.2, 0) is 0 Å². The van der Waals surface area contributed by atoms with E-state index in [1.165, 1.54) is 38.5 Å². The lowest BCUT2D eigenvalue weighted by Gasteiger charge is -2.59. The molecule has 0 radical (unpaired) electrons. The molecule has 4 bridgehead atoms. The molecule has 1 aliphatic heterocycles. The molecule has 1 saturated heterocycles. The third-order valence-electron chi connectivity index (χ3n) is 9.75. The maximum absolute atomic E-state index is 13.0. The molecular formula is C30H38N4O3. The number of nitrogens with one attached hydrogen (secondary N) is 1. The fraction of sp³-hybridized carbons (Fsp3) is 0.567. The molecule has 2 aromatic rings. The van der Waals surface area contributed by atoms with Crippen molar-refractivity contribution in [3.63, 3.8) is 0 Å². The molecule has 1 heterocycles. The van der Waals surface area contributed by atoms with Crippen molar-refractivity contribution in [2.24, 2.45) is 23.2 Å². The number of nitrogens with zero attached hydrogens (tertiary/aromatic N) is 3. The molecule has 0 unspecified atom stereocenters. The van der Waals surface area contributed by atoms with Gasteiger partial charge in [-0.25, -0.2) is 0 Å². The molecule has 37 heavy (non-hydrogen) atoms. The van der Waals surface area contributed by atoms with Crippen molar-refractivity contribution in [2.45, 2.75) is 58.4 Å². The molecule has 196 valence electrons. The highest BCUT2D eigenvalue weighted by Gasteiger charge is 2.53. The zero-order chi connectivity index (χ0) is 25.7. The van der Waals surface area contributed by atoms with Gasteiger partial charge in [0.1, 0.15) is 5.69 Å². The summed E-state index contributed by atoms with van der Waals surface area (Å²) in [6.45, 7) is 6.93. The number of anilines is 2. The van der Waals surface area contributed by atoms with Crippen molar-refractivity contribution in [2.75, 3.05) is 36.4 Å². The number of hydrogen-bond donors (Lipinski definition) is 1. The molecule has 0 aromatic heterocycles. The van der Waals surface area contributed by atoms with E-state index in [1.54, 1.807) is 6.07 Å². The van der Waals surface area contributed by atoms with E-state index in [9.17, 15) is 14.9 Å². The van der Waals surface area contributed by atoms with Gasteiger partial charge in [-0.1, -0.05) is 17.7 Å². The van der Waals surface area contributed by atoms with E-state index >= 15 is 0 Å². The third kappa shape index (κ3) is 4.57. The molecular weight excluding hydrogens is 464 g/mol. The molecule has 5 aliphatic rings. The minimum Gasteiger partial charge on any atom is -0.376 e. The van der Waals surface area contributed by atoms with Crippen LogP contribution in [0.1, 0.15) is 61.4 Å². The third-order valence-corrected chi connectivity index (χ3v) is 9.75. The van der Waals surface area contributed by atoms with Gasteiger partial charge in [0.2, 0.25) is 0 Å². The maximum Gasteiger partial charge on any atom is 0.292 e. The smallest absolute Gasteiger partial charge is 0.292 e. The average Bonchev–Trinajstić information content (AvgIpc) is 2.87. The van der Waals surface area contributed by atoms with Gasteiger partial charge < -0.3 is 15.1 Å². The Labute approximate surface area is 219 Å². The molecule has 4 saturated carbocycles.